The predicted molar refractivity (Wildman–Crippen MR) is 125 cm³/mol. The van der Waals surface area contributed by atoms with Crippen LogP contribution in [0.25, 0.3) is 0 Å². The zero-order chi connectivity index (χ0) is 26.3. The van der Waals surface area contributed by atoms with E-state index in [2.05, 4.69) is 14.8 Å². The molecule has 7 nitrogen and oxygen atoms in total. The van der Waals surface area contributed by atoms with Crippen molar-refractivity contribution in [2.24, 2.45) is 0 Å². The van der Waals surface area contributed by atoms with Gasteiger partial charge in [0.2, 0.25) is 0 Å². The summed E-state index contributed by atoms with van der Waals surface area (Å²) in [6.45, 7) is -4.98. The average molecular weight is 515 g/mol. The fourth-order valence-corrected chi connectivity index (χ4v) is 3.45. The van der Waals surface area contributed by atoms with Gasteiger partial charge in [-0.2, -0.15) is 17.6 Å². The molecule has 0 saturated carbocycles. The number of aliphatic hydroxyl groups is 1. The first-order valence-electron chi connectivity index (χ1n) is 11.6. The van der Waals surface area contributed by atoms with Gasteiger partial charge < -0.3 is 24.8 Å². The van der Waals surface area contributed by atoms with Crippen molar-refractivity contribution in [1.82, 2.24) is 10.2 Å². The Morgan fingerprint density at radius 1 is 0.750 bits per heavy atom. The van der Waals surface area contributed by atoms with E-state index in [-0.39, 0.29) is 36.5 Å². The standard InChI is InChI=1S/C25H30F4N2O5/c26-24(27)35-20-10-6-18(7-11-20)22(33)30-14-4-2-1-3-5-15-31(16-17-32)23(34)19-8-12-21(13-9-19)36-25(28)29/h6-13,24-25,32H,1-5,14-17H2,(H,30,33). The van der Waals surface area contributed by atoms with Crippen LogP contribution in [0.2, 0.25) is 0 Å². The van der Waals surface area contributed by atoms with Gasteiger partial charge in [0.15, 0.2) is 0 Å². The number of carbonyl (C=O) groups is 2. The van der Waals surface area contributed by atoms with Crippen LogP contribution in [-0.4, -0.2) is 61.3 Å². The van der Waals surface area contributed by atoms with Crippen LogP contribution >= 0.6 is 0 Å². The normalized spacial score (nSPS) is 11.0. The molecule has 2 aromatic carbocycles. The number of amides is 2. The summed E-state index contributed by atoms with van der Waals surface area (Å²) in [5.74, 6) is -0.656. The molecule has 0 spiro atoms. The lowest BCUT2D eigenvalue weighted by Crippen LogP contribution is -2.34. The molecule has 2 N–H and O–H groups in total. The van der Waals surface area contributed by atoms with Gasteiger partial charge in [-0.15, -0.1) is 0 Å². The SMILES string of the molecule is O=C(NCCCCCCCN(CCO)C(=O)c1ccc(OC(F)F)cc1)c1ccc(OC(F)F)cc1. The van der Waals surface area contributed by atoms with Crippen LogP contribution in [0.5, 0.6) is 11.5 Å². The molecule has 0 saturated heterocycles. The van der Waals surface area contributed by atoms with Crippen LogP contribution < -0.4 is 14.8 Å². The number of alkyl halides is 4. The number of nitrogens with zero attached hydrogens (tertiary/aromatic N) is 1. The van der Waals surface area contributed by atoms with Crippen LogP contribution in [-0.2, 0) is 0 Å². The van der Waals surface area contributed by atoms with Crippen molar-refractivity contribution in [1.29, 1.82) is 0 Å². The summed E-state index contributed by atoms with van der Waals surface area (Å²) < 4.78 is 57.4. The zero-order valence-corrected chi connectivity index (χ0v) is 19.7. The minimum atomic E-state index is -2.94. The summed E-state index contributed by atoms with van der Waals surface area (Å²) in [4.78, 5) is 26.3. The molecule has 2 aromatic rings. The van der Waals surface area contributed by atoms with Gasteiger partial charge in [0, 0.05) is 30.8 Å². The summed E-state index contributed by atoms with van der Waals surface area (Å²) in [5.41, 5.74) is 0.665. The van der Waals surface area contributed by atoms with Crippen molar-refractivity contribution >= 4 is 11.8 Å². The molecule has 0 heterocycles. The molecule has 0 aliphatic carbocycles. The Balaban J connectivity index is 1.64. The van der Waals surface area contributed by atoms with Crippen LogP contribution in [0.15, 0.2) is 48.5 Å². The molecule has 0 radical (unpaired) electrons. The molecule has 0 aliphatic heterocycles. The van der Waals surface area contributed by atoms with E-state index in [1.165, 1.54) is 53.4 Å². The Bertz CT molecular complexity index is 927. The number of aliphatic hydroxyl groups excluding tert-OH is 1. The molecule has 11 heteroatoms. The van der Waals surface area contributed by atoms with Gasteiger partial charge >= 0.3 is 13.2 Å². The Kier molecular flexibility index (Phi) is 12.5. The van der Waals surface area contributed by atoms with Crippen molar-refractivity contribution in [3.05, 3.63) is 59.7 Å². The second kappa shape index (κ2) is 15.6. The van der Waals surface area contributed by atoms with Crippen molar-refractivity contribution in [2.75, 3.05) is 26.2 Å². The number of benzene rings is 2. The van der Waals surface area contributed by atoms with Crippen LogP contribution in [0, 0.1) is 0 Å². The van der Waals surface area contributed by atoms with E-state index >= 15 is 0 Å². The average Bonchev–Trinajstić information content (AvgIpc) is 2.84. The maximum Gasteiger partial charge on any atom is 0.387 e. The largest absolute Gasteiger partial charge is 0.435 e. The van der Waals surface area contributed by atoms with Crippen LogP contribution in [0.3, 0.4) is 0 Å². The maximum absolute atomic E-state index is 12.7. The molecule has 2 amide bonds. The molecule has 0 aliphatic rings. The van der Waals surface area contributed by atoms with E-state index in [1.807, 2.05) is 0 Å². The Labute approximate surface area is 207 Å². The third kappa shape index (κ3) is 10.5. The van der Waals surface area contributed by atoms with Gasteiger partial charge in [0.1, 0.15) is 11.5 Å². The fraction of sp³-hybridized carbons (Fsp3) is 0.440. The molecule has 0 aromatic heterocycles. The molecule has 0 unspecified atom stereocenters. The highest BCUT2D eigenvalue weighted by Gasteiger charge is 2.15. The Hall–Kier alpha value is -3.34. The second-order valence-corrected chi connectivity index (χ2v) is 7.85. The number of hydrogen-bond donors (Lipinski definition) is 2. The zero-order valence-electron chi connectivity index (χ0n) is 19.7. The monoisotopic (exact) mass is 514 g/mol. The summed E-state index contributed by atoms with van der Waals surface area (Å²) in [7, 11) is 0. The summed E-state index contributed by atoms with van der Waals surface area (Å²) in [6, 6.07) is 10.9. The number of carbonyl (C=O) groups excluding carboxylic acids is 2. The summed E-state index contributed by atoms with van der Waals surface area (Å²) in [5, 5.41) is 12.1. The summed E-state index contributed by atoms with van der Waals surface area (Å²) in [6.07, 6.45) is 4.07. The van der Waals surface area contributed by atoms with Crippen LogP contribution in [0.4, 0.5) is 17.6 Å². The third-order valence-electron chi connectivity index (χ3n) is 5.22. The quantitative estimate of drug-likeness (QED) is 0.250. The summed E-state index contributed by atoms with van der Waals surface area (Å²) >= 11 is 0. The van der Waals surface area contributed by atoms with Crippen LogP contribution in [0.1, 0.15) is 52.8 Å². The minimum Gasteiger partial charge on any atom is -0.435 e. The molecule has 2 rings (SSSR count). The lowest BCUT2D eigenvalue weighted by atomic mass is 10.1. The molecule has 0 bridgehead atoms. The number of nitrogens with one attached hydrogen (secondary N) is 1. The van der Waals surface area contributed by atoms with Crippen molar-refractivity contribution in [3.8, 4) is 11.5 Å². The molecular weight excluding hydrogens is 484 g/mol. The Morgan fingerprint density at radius 2 is 1.25 bits per heavy atom. The molecule has 36 heavy (non-hydrogen) atoms. The maximum atomic E-state index is 12.7. The predicted octanol–water partition coefficient (Wildman–Crippen LogP) is 4.70. The van der Waals surface area contributed by atoms with Gasteiger partial charge in [-0.05, 0) is 61.4 Å². The lowest BCUT2D eigenvalue weighted by molar-refractivity contribution is -0.0505. The highest BCUT2D eigenvalue weighted by atomic mass is 19.3. The number of hydrogen-bond acceptors (Lipinski definition) is 5. The number of unbranched alkanes of at least 4 members (excludes halogenated alkanes) is 4. The lowest BCUT2D eigenvalue weighted by Gasteiger charge is -2.22. The highest BCUT2D eigenvalue weighted by Crippen LogP contribution is 2.17. The van der Waals surface area contributed by atoms with Gasteiger partial charge in [-0.1, -0.05) is 19.3 Å². The van der Waals surface area contributed by atoms with E-state index in [0.717, 1.165) is 32.1 Å². The number of ether oxygens (including phenoxy) is 2. The van der Waals surface area contributed by atoms with Gasteiger partial charge in [0.25, 0.3) is 11.8 Å². The highest BCUT2D eigenvalue weighted by molar-refractivity contribution is 5.94. The van der Waals surface area contributed by atoms with Gasteiger partial charge in [0.05, 0.1) is 6.61 Å². The van der Waals surface area contributed by atoms with E-state index in [0.29, 0.717) is 24.2 Å². The Morgan fingerprint density at radius 3 is 1.78 bits per heavy atom. The van der Waals surface area contributed by atoms with Crippen molar-refractivity contribution in [2.45, 2.75) is 45.3 Å². The second-order valence-electron chi connectivity index (χ2n) is 7.85. The first kappa shape index (κ1) is 28.9. The fourth-order valence-electron chi connectivity index (χ4n) is 3.45. The van der Waals surface area contributed by atoms with E-state index in [9.17, 15) is 32.3 Å². The smallest absolute Gasteiger partial charge is 0.387 e. The number of rotatable bonds is 16. The topological polar surface area (TPSA) is 88.1 Å². The third-order valence-corrected chi connectivity index (χ3v) is 5.22. The van der Waals surface area contributed by atoms with E-state index in [4.69, 9.17) is 0 Å². The molecule has 0 fully saturated rings. The van der Waals surface area contributed by atoms with Gasteiger partial charge in [-0.25, -0.2) is 0 Å². The number of halogens is 4. The first-order chi connectivity index (χ1) is 17.3. The first-order valence-corrected chi connectivity index (χ1v) is 11.6. The molecular formula is C25H30F4N2O5. The van der Waals surface area contributed by atoms with E-state index < -0.39 is 13.2 Å². The van der Waals surface area contributed by atoms with Crippen molar-refractivity contribution in [3.63, 3.8) is 0 Å². The van der Waals surface area contributed by atoms with E-state index in [1.54, 1.807) is 0 Å². The molecule has 198 valence electrons. The molecule has 0 atom stereocenters. The van der Waals surface area contributed by atoms with Gasteiger partial charge in [-0.3, -0.25) is 9.59 Å². The minimum absolute atomic E-state index is 0.0156. The van der Waals surface area contributed by atoms with Crippen molar-refractivity contribution < 1.29 is 41.7 Å².